The predicted molar refractivity (Wildman–Crippen MR) is 126 cm³/mol. The van der Waals surface area contributed by atoms with Gasteiger partial charge in [-0.15, -0.1) is 0 Å². The van der Waals surface area contributed by atoms with E-state index in [0.717, 1.165) is 59.7 Å². The lowest BCUT2D eigenvalue weighted by atomic mass is 9.96. The van der Waals surface area contributed by atoms with Crippen molar-refractivity contribution >= 4 is 5.65 Å². The Bertz CT molecular complexity index is 1280. The van der Waals surface area contributed by atoms with Gasteiger partial charge in [-0.05, 0) is 44.2 Å². The molecule has 0 bridgehead atoms. The number of aromatic nitrogens is 3. The van der Waals surface area contributed by atoms with Gasteiger partial charge in [-0.25, -0.2) is 9.50 Å². The minimum Gasteiger partial charge on any atom is -0.316 e. The van der Waals surface area contributed by atoms with Crippen LogP contribution in [-0.2, 0) is 6.54 Å². The highest BCUT2D eigenvalue weighted by atomic mass is 15.3. The Hall–Kier alpha value is -3.53. The molecule has 32 heavy (non-hydrogen) atoms. The van der Waals surface area contributed by atoms with Gasteiger partial charge in [-0.1, -0.05) is 42.0 Å². The summed E-state index contributed by atoms with van der Waals surface area (Å²) in [5.74, 6) is 0. The van der Waals surface area contributed by atoms with Crippen LogP contribution in [0.4, 0.5) is 0 Å². The number of nitrogens with one attached hydrogen (secondary N) is 1. The van der Waals surface area contributed by atoms with Gasteiger partial charge in [-0.3, -0.25) is 4.90 Å². The Balaban J connectivity index is 1.68. The molecule has 1 atom stereocenters. The molecule has 1 fully saturated rings. The Morgan fingerprint density at radius 1 is 1.09 bits per heavy atom. The van der Waals surface area contributed by atoms with Crippen LogP contribution in [0, 0.1) is 18.3 Å². The summed E-state index contributed by atoms with van der Waals surface area (Å²) in [6.07, 6.45) is 2.79. The van der Waals surface area contributed by atoms with E-state index in [4.69, 9.17) is 0 Å². The lowest BCUT2D eigenvalue weighted by Gasteiger charge is -2.19. The van der Waals surface area contributed by atoms with Crippen LogP contribution < -0.4 is 5.32 Å². The van der Waals surface area contributed by atoms with Crippen LogP contribution in [0.1, 0.15) is 23.1 Å². The van der Waals surface area contributed by atoms with Crippen molar-refractivity contribution < 1.29 is 0 Å². The van der Waals surface area contributed by atoms with Crippen LogP contribution in [0.5, 0.6) is 0 Å². The first kappa shape index (κ1) is 20.4. The SMILES string of the molecule is CN[C@H]1CCN(Cc2cc(-c3ccc(C#N)cc3)c(-c3ccc(C)cc3)n3ncnc23)C1. The van der Waals surface area contributed by atoms with Gasteiger partial charge in [0.2, 0.25) is 0 Å². The molecule has 6 nitrogen and oxygen atoms in total. The fourth-order valence-electron chi connectivity index (χ4n) is 4.55. The molecule has 0 amide bonds. The number of likely N-dealkylation sites (N-methyl/N-ethyl adjacent to an activating group) is 1. The van der Waals surface area contributed by atoms with Crippen molar-refractivity contribution in [3.8, 4) is 28.5 Å². The van der Waals surface area contributed by atoms with E-state index in [1.807, 2.05) is 35.8 Å². The number of likely N-dealkylation sites (tertiary alicyclic amines) is 1. The van der Waals surface area contributed by atoms with Crippen molar-refractivity contribution in [1.82, 2.24) is 24.8 Å². The third-order valence-corrected chi connectivity index (χ3v) is 6.35. The zero-order chi connectivity index (χ0) is 22.1. The molecule has 3 heterocycles. The van der Waals surface area contributed by atoms with Crippen LogP contribution in [0.25, 0.3) is 28.0 Å². The molecule has 0 spiro atoms. The van der Waals surface area contributed by atoms with Gasteiger partial charge in [0.1, 0.15) is 6.33 Å². The number of pyridine rings is 1. The largest absolute Gasteiger partial charge is 0.316 e. The Morgan fingerprint density at radius 3 is 2.53 bits per heavy atom. The van der Waals surface area contributed by atoms with Crippen LogP contribution in [0.2, 0.25) is 0 Å². The van der Waals surface area contributed by atoms with E-state index in [2.05, 4.69) is 63.6 Å². The molecule has 1 saturated heterocycles. The average molecular weight is 423 g/mol. The van der Waals surface area contributed by atoms with Crippen LogP contribution in [0.3, 0.4) is 0 Å². The number of aryl methyl sites for hydroxylation is 1. The van der Waals surface area contributed by atoms with Gasteiger partial charge in [0, 0.05) is 42.4 Å². The predicted octanol–water partition coefficient (Wildman–Crippen LogP) is 4.04. The van der Waals surface area contributed by atoms with E-state index in [1.54, 1.807) is 6.33 Å². The zero-order valence-electron chi connectivity index (χ0n) is 18.4. The van der Waals surface area contributed by atoms with Crippen molar-refractivity contribution in [2.45, 2.75) is 25.9 Å². The molecule has 4 aromatic rings. The van der Waals surface area contributed by atoms with Crippen molar-refractivity contribution in [1.29, 1.82) is 5.26 Å². The first-order valence-corrected chi connectivity index (χ1v) is 11.0. The maximum Gasteiger partial charge on any atom is 0.160 e. The summed E-state index contributed by atoms with van der Waals surface area (Å²) >= 11 is 0. The summed E-state index contributed by atoms with van der Waals surface area (Å²) in [4.78, 5) is 7.10. The molecule has 6 heteroatoms. The average Bonchev–Trinajstić information content (AvgIpc) is 3.49. The monoisotopic (exact) mass is 422 g/mol. The molecule has 1 aliphatic heterocycles. The van der Waals surface area contributed by atoms with Crippen molar-refractivity contribution in [3.05, 3.63) is 77.6 Å². The third kappa shape index (κ3) is 3.77. The van der Waals surface area contributed by atoms with Gasteiger partial charge < -0.3 is 5.32 Å². The molecular weight excluding hydrogens is 396 g/mol. The number of benzene rings is 2. The van der Waals surface area contributed by atoms with Gasteiger partial charge in [0.15, 0.2) is 5.65 Å². The molecule has 0 saturated carbocycles. The summed E-state index contributed by atoms with van der Waals surface area (Å²) in [6, 6.07) is 21.3. The zero-order valence-corrected chi connectivity index (χ0v) is 18.4. The van der Waals surface area contributed by atoms with Gasteiger partial charge in [0.05, 0.1) is 17.3 Å². The van der Waals surface area contributed by atoms with E-state index in [9.17, 15) is 5.26 Å². The van der Waals surface area contributed by atoms with Crippen LogP contribution >= 0.6 is 0 Å². The molecule has 1 aliphatic rings. The lowest BCUT2D eigenvalue weighted by Crippen LogP contribution is -2.29. The fraction of sp³-hybridized carbons (Fsp3) is 0.269. The Morgan fingerprint density at radius 2 is 1.84 bits per heavy atom. The second kappa shape index (κ2) is 8.54. The van der Waals surface area contributed by atoms with E-state index in [1.165, 1.54) is 5.56 Å². The first-order valence-electron chi connectivity index (χ1n) is 11.0. The molecule has 0 unspecified atom stereocenters. The van der Waals surface area contributed by atoms with Crippen molar-refractivity contribution in [3.63, 3.8) is 0 Å². The molecule has 1 N–H and O–H groups in total. The quantitative estimate of drug-likeness (QED) is 0.526. The van der Waals surface area contributed by atoms with E-state index in [-0.39, 0.29) is 0 Å². The van der Waals surface area contributed by atoms with Gasteiger partial charge in [0.25, 0.3) is 0 Å². The maximum absolute atomic E-state index is 9.23. The molecule has 0 aliphatic carbocycles. The van der Waals surface area contributed by atoms with Gasteiger partial charge in [-0.2, -0.15) is 10.4 Å². The minimum absolute atomic E-state index is 0.536. The summed E-state index contributed by atoms with van der Waals surface area (Å²) in [5, 5.41) is 17.3. The topological polar surface area (TPSA) is 69.2 Å². The number of fused-ring (bicyclic) bond motifs is 1. The minimum atomic E-state index is 0.536. The highest BCUT2D eigenvalue weighted by Gasteiger charge is 2.24. The van der Waals surface area contributed by atoms with Crippen LogP contribution in [0.15, 0.2) is 60.9 Å². The molecular formula is C26H26N6. The second-order valence-corrected chi connectivity index (χ2v) is 8.49. The van der Waals surface area contributed by atoms with E-state index in [0.29, 0.717) is 11.6 Å². The highest BCUT2D eigenvalue weighted by molar-refractivity contribution is 5.84. The molecule has 0 radical (unpaired) electrons. The standard InChI is InChI=1S/C26H26N6/c1-18-3-7-21(8-4-18)25-24(20-9-5-19(14-27)6-10-20)13-22(26-29-17-30-32(25)26)15-31-12-11-23(16-31)28-2/h3-10,13,17,23,28H,11-12,15-16H2,1-2H3/t23-/m0/s1. The Kier molecular flexibility index (Phi) is 5.44. The number of nitrogens with zero attached hydrogens (tertiary/aromatic N) is 5. The molecule has 5 rings (SSSR count). The molecule has 2 aromatic heterocycles. The normalized spacial score (nSPS) is 16.5. The number of rotatable bonds is 5. The van der Waals surface area contributed by atoms with Crippen molar-refractivity contribution in [2.24, 2.45) is 0 Å². The lowest BCUT2D eigenvalue weighted by molar-refractivity contribution is 0.323. The summed E-state index contributed by atoms with van der Waals surface area (Å²) in [5.41, 5.74) is 8.19. The summed E-state index contributed by atoms with van der Waals surface area (Å²) in [7, 11) is 2.03. The fourth-order valence-corrected chi connectivity index (χ4v) is 4.55. The molecule has 2 aromatic carbocycles. The molecule has 160 valence electrons. The smallest absolute Gasteiger partial charge is 0.160 e. The summed E-state index contributed by atoms with van der Waals surface area (Å²) in [6.45, 7) is 5.02. The summed E-state index contributed by atoms with van der Waals surface area (Å²) < 4.78 is 1.97. The van der Waals surface area contributed by atoms with Gasteiger partial charge >= 0.3 is 0 Å². The third-order valence-electron chi connectivity index (χ3n) is 6.35. The number of hydrogen-bond acceptors (Lipinski definition) is 5. The highest BCUT2D eigenvalue weighted by Crippen LogP contribution is 2.35. The number of nitriles is 1. The van der Waals surface area contributed by atoms with Crippen LogP contribution in [-0.4, -0.2) is 45.7 Å². The van der Waals surface area contributed by atoms with Crippen molar-refractivity contribution in [2.75, 3.05) is 20.1 Å². The van der Waals surface area contributed by atoms with E-state index >= 15 is 0 Å². The number of hydrogen-bond donors (Lipinski definition) is 1. The Labute approximate surface area is 188 Å². The maximum atomic E-state index is 9.23. The second-order valence-electron chi connectivity index (χ2n) is 8.49. The van der Waals surface area contributed by atoms with E-state index < -0.39 is 0 Å². The first-order chi connectivity index (χ1) is 15.7.